The van der Waals surface area contributed by atoms with Gasteiger partial charge in [0.1, 0.15) is 0 Å². The zero-order chi connectivity index (χ0) is 22.9. The molecule has 1 aliphatic rings. The molecule has 0 atom stereocenters. The standard InChI is InChI=1S/C25H20F3N3O/c1-15-7-5-8-16(2)21(15)31-24(32)23-22(17-10-6-11-19(13-17)25(26,27)28)29-14-18-9-3-4-12-20(18)30-23/h3-13H,14H2,1-2H3,(H,31,32). The van der Waals surface area contributed by atoms with E-state index in [-0.39, 0.29) is 23.5 Å². The normalized spacial score (nSPS) is 13.5. The Morgan fingerprint density at radius 3 is 2.34 bits per heavy atom. The van der Waals surface area contributed by atoms with Gasteiger partial charge in [-0.05, 0) is 48.7 Å². The average Bonchev–Trinajstić information content (AvgIpc) is 2.96. The lowest BCUT2D eigenvalue weighted by Gasteiger charge is -2.15. The first-order chi connectivity index (χ1) is 15.2. The quantitative estimate of drug-likeness (QED) is 0.536. The van der Waals surface area contributed by atoms with Crippen LogP contribution in [0.15, 0.2) is 76.7 Å². The SMILES string of the molecule is Cc1cccc(C)c1NC(=O)C1=Nc2ccccc2CN=C1c1cccc(C(F)(F)F)c1. The third-order valence-corrected chi connectivity index (χ3v) is 5.25. The number of alkyl halides is 3. The van der Waals surface area contributed by atoms with Crippen molar-refractivity contribution >= 4 is 28.7 Å². The number of para-hydroxylation sites is 2. The number of aryl methyl sites for hydroxylation is 2. The van der Waals surface area contributed by atoms with E-state index in [1.54, 1.807) is 12.1 Å². The lowest BCUT2D eigenvalue weighted by Crippen LogP contribution is -2.31. The highest BCUT2D eigenvalue weighted by molar-refractivity contribution is 6.72. The average molecular weight is 435 g/mol. The van der Waals surface area contributed by atoms with E-state index in [0.29, 0.717) is 11.4 Å². The summed E-state index contributed by atoms with van der Waals surface area (Å²) in [7, 11) is 0. The summed E-state index contributed by atoms with van der Waals surface area (Å²) in [5.74, 6) is -0.532. The minimum absolute atomic E-state index is 0.0306. The van der Waals surface area contributed by atoms with Crippen molar-refractivity contribution in [3.8, 4) is 0 Å². The van der Waals surface area contributed by atoms with Crippen LogP contribution in [0.2, 0.25) is 0 Å². The minimum Gasteiger partial charge on any atom is -0.320 e. The van der Waals surface area contributed by atoms with Gasteiger partial charge < -0.3 is 5.32 Å². The molecule has 3 aromatic carbocycles. The topological polar surface area (TPSA) is 53.8 Å². The Labute approximate surface area is 183 Å². The van der Waals surface area contributed by atoms with E-state index in [4.69, 9.17) is 0 Å². The Hall–Kier alpha value is -3.74. The first-order valence-electron chi connectivity index (χ1n) is 10.0. The molecule has 0 fully saturated rings. The second kappa shape index (κ2) is 8.42. The number of benzene rings is 3. The van der Waals surface area contributed by atoms with Gasteiger partial charge in [0.15, 0.2) is 5.71 Å². The minimum atomic E-state index is -4.51. The predicted molar refractivity (Wildman–Crippen MR) is 120 cm³/mol. The fraction of sp³-hybridized carbons (Fsp3) is 0.160. The highest BCUT2D eigenvalue weighted by Gasteiger charge is 2.32. The summed E-state index contributed by atoms with van der Waals surface area (Å²) in [6, 6.07) is 17.6. The Morgan fingerprint density at radius 1 is 0.938 bits per heavy atom. The molecular formula is C25H20F3N3O. The molecule has 1 heterocycles. The van der Waals surface area contributed by atoms with E-state index in [1.165, 1.54) is 12.1 Å². The predicted octanol–water partition coefficient (Wildman–Crippen LogP) is 6.04. The number of amides is 1. The molecule has 0 aliphatic carbocycles. The third-order valence-electron chi connectivity index (χ3n) is 5.25. The van der Waals surface area contributed by atoms with Crippen molar-refractivity contribution in [2.75, 3.05) is 5.32 Å². The van der Waals surface area contributed by atoms with Crippen molar-refractivity contribution in [2.45, 2.75) is 26.6 Å². The Balaban J connectivity index is 1.82. The Bertz CT molecular complexity index is 1240. The van der Waals surface area contributed by atoms with E-state index in [2.05, 4.69) is 15.3 Å². The molecule has 0 bridgehead atoms. The number of anilines is 1. The van der Waals surface area contributed by atoms with E-state index >= 15 is 0 Å². The molecule has 1 aliphatic heterocycles. The van der Waals surface area contributed by atoms with Gasteiger partial charge in [0.2, 0.25) is 0 Å². The fourth-order valence-electron chi connectivity index (χ4n) is 3.58. The van der Waals surface area contributed by atoms with Gasteiger partial charge in [-0.3, -0.25) is 9.79 Å². The second-order valence-corrected chi connectivity index (χ2v) is 7.55. The van der Waals surface area contributed by atoms with Crippen LogP contribution in [0.25, 0.3) is 0 Å². The van der Waals surface area contributed by atoms with Gasteiger partial charge in [-0.15, -0.1) is 0 Å². The summed E-state index contributed by atoms with van der Waals surface area (Å²) in [4.78, 5) is 22.4. The number of rotatable bonds is 3. The third kappa shape index (κ3) is 4.32. The number of nitrogens with one attached hydrogen (secondary N) is 1. The van der Waals surface area contributed by atoms with Crippen molar-refractivity contribution < 1.29 is 18.0 Å². The molecule has 0 unspecified atom stereocenters. The maximum absolute atomic E-state index is 13.4. The molecule has 0 saturated carbocycles. The summed E-state index contributed by atoms with van der Waals surface area (Å²) in [5.41, 5.74) is 3.18. The summed E-state index contributed by atoms with van der Waals surface area (Å²) in [6.45, 7) is 3.94. The molecule has 32 heavy (non-hydrogen) atoms. The molecule has 3 aromatic rings. The highest BCUT2D eigenvalue weighted by atomic mass is 19.4. The van der Waals surface area contributed by atoms with Crippen LogP contribution in [-0.4, -0.2) is 17.3 Å². The van der Waals surface area contributed by atoms with E-state index in [0.717, 1.165) is 28.8 Å². The maximum Gasteiger partial charge on any atom is 0.416 e. The van der Waals surface area contributed by atoms with Crippen LogP contribution in [0.5, 0.6) is 0 Å². The van der Waals surface area contributed by atoms with Gasteiger partial charge >= 0.3 is 6.18 Å². The molecular weight excluding hydrogens is 415 g/mol. The van der Waals surface area contributed by atoms with Crippen LogP contribution in [0.4, 0.5) is 24.5 Å². The van der Waals surface area contributed by atoms with Crippen molar-refractivity contribution in [1.29, 1.82) is 0 Å². The van der Waals surface area contributed by atoms with E-state index in [9.17, 15) is 18.0 Å². The number of nitrogens with zero attached hydrogens (tertiary/aromatic N) is 2. The van der Waals surface area contributed by atoms with Crippen molar-refractivity contribution in [1.82, 2.24) is 0 Å². The van der Waals surface area contributed by atoms with Gasteiger partial charge in [-0.1, -0.05) is 48.5 Å². The number of halogens is 3. The van der Waals surface area contributed by atoms with Crippen LogP contribution < -0.4 is 5.32 Å². The zero-order valence-corrected chi connectivity index (χ0v) is 17.5. The number of carbonyl (C=O) groups is 1. The van der Waals surface area contributed by atoms with Gasteiger partial charge in [-0.2, -0.15) is 13.2 Å². The molecule has 1 N–H and O–H groups in total. The van der Waals surface area contributed by atoms with E-state index < -0.39 is 17.6 Å². The summed E-state index contributed by atoms with van der Waals surface area (Å²) < 4.78 is 39.9. The van der Waals surface area contributed by atoms with Crippen LogP contribution in [0.3, 0.4) is 0 Å². The maximum atomic E-state index is 13.4. The Morgan fingerprint density at radius 2 is 1.62 bits per heavy atom. The lowest BCUT2D eigenvalue weighted by atomic mass is 10.0. The zero-order valence-electron chi connectivity index (χ0n) is 17.5. The second-order valence-electron chi connectivity index (χ2n) is 7.55. The lowest BCUT2D eigenvalue weighted by molar-refractivity contribution is -0.137. The first kappa shape index (κ1) is 21.5. The summed E-state index contributed by atoms with van der Waals surface area (Å²) in [6.07, 6.45) is -4.51. The summed E-state index contributed by atoms with van der Waals surface area (Å²) in [5, 5.41) is 2.88. The van der Waals surface area contributed by atoms with Crippen LogP contribution in [-0.2, 0) is 17.5 Å². The molecule has 0 spiro atoms. The highest BCUT2D eigenvalue weighted by Crippen LogP contribution is 2.31. The molecule has 1 amide bonds. The van der Waals surface area contributed by atoms with Gasteiger partial charge in [0.05, 0.1) is 23.5 Å². The molecule has 0 radical (unpaired) electrons. The molecule has 0 aromatic heterocycles. The van der Waals surface area contributed by atoms with E-state index in [1.807, 2.05) is 44.2 Å². The largest absolute Gasteiger partial charge is 0.416 e. The fourth-order valence-corrected chi connectivity index (χ4v) is 3.58. The number of aliphatic imine (C=N–C) groups is 2. The van der Waals surface area contributed by atoms with Crippen molar-refractivity contribution in [3.05, 3.63) is 94.5 Å². The summed E-state index contributed by atoms with van der Waals surface area (Å²) >= 11 is 0. The number of hydrogen-bond donors (Lipinski definition) is 1. The van der Waals surface area contributed by atoms with Crippen LogP contribution >= 0.6 is 0 Å². The van der Waals surface area contributed by atoms with Gasteiger partial charge in [0.25, 0.3) is 5.91 Å². The van der Waals surface area contributed by atoms with Crippen molar-refractivity contribution in [2.24, 2.45) is 9.98 Å². The number of fused-ring (bicyclic) bond motifs is 1. The van der Waals surface area contributed by atoms with Crippen LogP contribution in [0.1, 0.15) is 27.8 Å². The first-order valence-corrected chi connectivity index (χ1v) is 10.0. The molecule has 4 nitrogen and oxygen atoms in total. The van der Waals surface area contributed by atoms with Crippen LogP contribution in [0, 0.1) is 13.8 Å². The van der Waals surface area contributed by atoms with Gasteiger partial charge in [-0.25, -0.2) is 4.99 Å². The smallest absolute Gasteiger partial charge is 0.320 e. The number of carbonyl (C=O) groups excluding carboxylic acids is 1. The number of hydrogen-bond acceptors (Lipinski definition) is 3. The van der Waals surface area contributed by atoms with Gasteiger partial charge in [0, 0.05) is 11.3 Å². The monoisotopic (exact) mass is 435 g/mol. The molecule has 162 valence electrons. The molecule has 0 saturated heterocycles. The Kier molecular flexibility index (Phi) is 5.65. The molecule has 4 rings (SSSR count). The van der Waals surface area contributed by atoms with Crippen molar-refractivity contribution in [3.63, 3.8) is 0 Å². The molecule has 7 heteroatoms.